The molecule has 60 valence electrons. The monoisotopic (exact) mass is 191 g/mol. The summed E-state index contributed by atoms with van der Waals surface area (Å²) in [7, 11) is -3.67. The average Bonchev–Trinajstić information content (AvgIpc) is 2.36. The van der Waals surface area contributed by atoms with E-state index in [1.54, 1.807) is 0 Å². The van der Waals surface area contributed by atoms with Gasteiger partial charge in [-0.3, -0.25) is 12.9 Å². The maximum atomic E-state index is 9.67. The summed E-state index contributed by atoms with van der Waals surface area (Å²) in [6, 6.07) is 0. The van der Waals surface area contributed by atoms with Gasteiger partial charge in [-0.1, -0.05) is 0 Å². The Kier molecular flexibility index (Phi) is 9.13. The van der Waals surface area contributed by atoms with Crippen molar-refractivity contribution in [1.29, 1.82) is 0 Å². The topological polar surface area (TPSA) is 3.24 Å². The Morgan fingerprint density at radius 3 is 1.73 bits per heavy atom. The fourth-order valence-electron chi connectivity index (χ4n) is 1.10. The minimum absolute atomic E-state index is 1.05. The van der Waals surface area contributed by atoms with E-state index in [0.717, 1.165) is 49.0 Å². The quantitative estimate of drug-likeness (QED) is 0.560. The van der Waals surface area contributed by atoms with Gasteiger partial charge in [0.2, 0.25) is 0 Å². The molecule has 1 aliphatic rings. The number of halogens is 3. The summed E-state index contributed by atoms with van der Waals surface area (Å²) in [5.74, 6) is 0. The second-order valence-corrected chi connectivity index (χ2v) is 3.38. The van der Waals surface area contributed by atoms with Crippen LogP contribution in [0.4, 0.5) is 12.9 Å². The van der Waals surface area contributed by atoms with Crippen molar-refractivity contribution in [3.8, 4) is 0 Å². The van der Waals surface area contributed by atoms with Crippen LogP contribution in [0.3, 0.4) is 0 Å². The Balaban J connectivity index is 0.000000218. The van der Waals surface area contributed by atoms with Gasteiger partial charge in [0.15, 0.2) is 0 Å². The molecule has 1 aliphatic heterocycles. The number of rotatable bonds is 1. The molecule has 0 amide bonds. The minimum atomic E-state index is -3.67. The van der Waals surface area contributed by atoms with E-state index in [9.17, 15) is 12.9 Å². The van der Waals surface area contributed by atoms with Crippen LogP contribution in [-0.4, -0.2) is 75.1 Å². The van der Waals surface area contributed by atoms with Gasteiger partial charge >= 0.3 is 88.0 Å². The van der Waals surface area contributed by atoms with Crippen LogP contribution in [0.2, 0.25) is 0 Å². The van der Waals surface area contributed by atoms with Crippen LogP contribution in [0.15, 0.2) is 0 Å². The van der Waals surface area contributed by atoms with Gasteiger partial charge in [-0.05, 0) is 0 Å². The van der Waals surface area contributed by atoms with Crippen LogP contribution in [0, 0.1) is 0 Å². The zero-order valence-electron chi connectivity index (χ0n) is 6.69. The molecule has 1 heterocycles. The second kappa shape index (κ2) is 8.07. The van der Waals surface area contributed by atoms with Crippen LogP contribution >= 0.6 is 0 Å². The maximum absolute atomic E-state index is 9.67. The summed E-state index contributed by atoms with van der Waals surface area (Å²) >= 11 is 1.05. The summed E-state index contributed by atoms with van der Waals surface area (Å²) in [5.41, 5.74) is 0. The molecule has 0 aliphatic carbocycles. The molecule has 0 aromatic rings. The first-order valence-electron chi connectivity index (χ1n) is 3.81. The van der Waals surface area contributed by atoms with Crippen molar-refractivity contribution in [2.75, 3.05) is 13.7 Å². The molecule has 0 aromatic heterocycles. The van der Waals surface area contributed by atoms with Gasteiger partial charge in [-0.2, -0.15) is 0 Å². The van der Waals surface area contributed by atoms with Gasteiger partial charge < -0.3 is 0 Å². The van der Waals surface area contributed by atoms with E-state index in [2.05, 4.69) is 4.90 Å². The number of hydrogen-bond acceptors (Lipinski definition) is 1. The third-order valence-corrected chi connectivity index (χ3v) is 3.04. The summed E-state index contributed by atoms with van der Waals surface area (Å²) in [6.45, 7) is 2.78. The van der Waals surface area contributed by atoms with E-state index < -0.39 is 7.54 Å². The van der Waals surface area contributed by atoms with Crippen LogP contribution < -0.4 is 0 Å². The molecule has 11 heavy (non-hydrogen) atoms. The summed E-state index contributed by atoms with van der Waals surface area (Å²) in [4.78, 5) is 2.57. The Morgan fingerprint density at radius 2 is 1.55 bits per heavy atom. The summed E-state index contributed by atoms with van der Waals surface area (Å²) < 4.78 is 30.4. The van der Waals surface area contributed by atoms with Crippen LogP contribution in [-0.2, 0) is 0 Å². The molecule has 6 heteroatoms. The molecule has 1 rings (SSSR count). The van der Waals surface area contributed by atoms with E-state index in [1.807, 2.05) is 0 Å². The summed E-state index contributed by atoms with van der Waals surface area (Å²) in [6.07, 6.45) is 2.91. The van der Waals surface area contributed by atoms with Gasteiger partial charge in [0.1, 0.15) is 0 Å². The van der Waals surface area contributed by atoms with E-state index in [-0.39, 0.29) is 0 Å². The molecular weight excluding hydrogens is 181 g/mol. The molecule has 0 saturated carbocycles. The van der Waals surface area contributed by atoms with Gasteiger partial charge in [0.05, 0.1) is 0 Å². The van der Waals surface area contributed by atoms with Crippen molar-refractivity contribution in [3.63, 3.8) is 0 Å². The van der Waals surface area contributed by atoms with Gasteiger partial charge in [0.25, 0.3) is 0 Å². The van der Waals surface area contributed by atoms with E-state index in [1.165, 1.54) is 26.6 Å². The third-order valence-electron chi connectivity index (χ3n) is 1.65. The molecule has 0 bridgehead atoms. The van der Waals surface area contributed by atoms with Crippen LogP contribution in [0.25, 0.3) is 0 Å². The fraction of sp³-hybridized carbons (Fsp3) is 1.00. The second-order valence-electron chi connectivity index (χ2n) is 2.39. The predicted octanol–water partition coefficient (Wildman–Crippen LogP) is 1.09. The fourth-order valence-corrected chi connectivity index (χ4v) is 2.09. The molecule has 0 spiro atoms. The van der Waals surface area contributed by atoms with Gasteiger partial charge in [-0.25, -0.2) is 0 Å². The summed E-state index contributed by atoms with van der Waals surface area (Å²) in [5, 5.41) is 0. The van der Waals surface area contributed by atoms with Crippen molar-refractivity contribution in [2.24, 2.45) is 0 Å². The first-order valence-corrected chi connectivity index (χ1v) is 6.02. The standard InChI is InChI=1S/C5H10N.BF3.K/c1-6-4-2-3-5-6;2-1(3)4;/h1-5H2;;. The molecule has 0 unspecified atom stereocenters. The zero-order chi connectivity index (χ0) is 8.69. The van der Waals surface area contributed by atoms with E-state index in [4.69, 9.17) is 0 Å². The van der Waals surface area contributed by atoms with Crippen molar-refractivity contribution >= 4 is 56.5 Å². The normalized spacial score (nSPS) is 17.5. The van der Waals surface area contributed by atoms with Crippen molar-refractivity contribution in [2.45, 2.75) is 12.8 Å². The third kappa shape index (κ3) is 9.36. The molecular formula is C5H10BF3KN. The predicted molar refractivity (Wildman–Crippen MR) is 40.5 cm³/mol. The van der Waals surface area contributed by atoms with Crippen LogP contribution in [0.1, 0.15) is 12.8 Å². The first-order chi connectivity index (χ1) is 5.16. The van der Waals surface area contributed by atoms with E-state index in [0.29, 0.717) is 0 Å². The molecule has 1 nitrogen and oxygen atoms in total. The Bertz CT molecular complexity index is 87.0. The van der Waals surface area contributed by atoms with Gasteiger partial charge in [0, 0.05) is 0 Å². The molecule has 0 N–H and O–H groups in total. The van der Waals surface area contributed by atoms with Crippen LogP contribution in [0.5, 0.6) is 0 Å². The first kappa shape index (κ1) is 12.5. The van der Waals surface area contributed by atoms with E-state index >= 15 is 0 Å². The zero-order valence-corrected chi connectivity index (χ0v) is 9.82. The Hall–Kier alpha value is 1.45. The molecule has 0 aromatic carbocycles. The number of nitrogens with zero attached hydrogens (tertiary/aromatic N) is 1. The Morgan fingerprint density at radius 1 is 1.18 bits per heavy atom. The molecule has 0 radical (unpaired) electrons. The number of likely N-dealkylation sites (tertiary alicyclic amines) is 1. The molecule has 1 fully saturated rings. The van der Waals surface area contributed by atoms with Gasteiger partial charge in [-0.15, -0.1) is 0 Å². The SMILES string of the molecule is FB(F)F.[K][CH2]N1CCCC1. The van der Waals surface area contributed by atoms with Crippen molar-refractivity contribution in [1.82, 2.24) is 4.90 Å². The number of hydrogen-bond donors (Lipinski definition) is 0. The molecule has 0 atom stereocenters. The van der Waals surface area contributed by atoms with Crippen molar-refractivity contribution in [3.05, 3.63) is 0 Å². The van der Waals surface area contributed by atoms with Crippen molar-refractivity contribution < 1.29 is 12.9 Å². The average molecular weight is 191 g/mol. The molecule has 1 saturated heterocycles. The Labute approximate surface area is 99.5 Å².